The average molecular weight is 140 g/mol. The molecule has 1 heterocycles. The van der Waals surface area contributed by atoms with Gasteiger partial charge in [0.25, 0.3) is 0 Å². The maximum Gasteiger partial charge on any atom is 0.0251 e. The van der Waals surface area contributed by atoms with E-state index in [1.165, 1.54) is 45.2 Å². The highest BCUT2D eigenvalue weighted by atomic mass is 15.1. The predicted molar refractivity (Wildman–Crippen MR) is 44.6 cm³/mol. The SMILES string of the molecule is CCCCN1[CH]CCCC1. The molecule has 1 rings (SSSR count). The summed E-state index contributed by atoms with van der Waals surface area (Å²) in [5.74, 6) is 0. The van der Waals surface area contributed by atoms with Crippen LogP contribution in [0.2, 0.25) is 0 Å². The fourth-order valence-electron chi connectivity index (χ4n) is 1.39. The van der Waals surface area contributed by atoms with Gasteiger partial charge in [0.15, 0.2) is 0 Å². The quantitative estimate of drug-likeness (QED) is 0.582. The molecule has 1 radical (unpaired) electrons. The van der Waals surface area contributed by atoms with Gasteiger partial charge in [-0.1, -0.05) is 19.8 Å². The molecule has 0 bridgehead atoms. The maximum atomic E-state index is 2.48. The monoisotopic (exact) mass is 140 g/mol. The smallest absolute Gasteiger partial charge is 0.0251 e. The van der Waals surface area contributed by atoms with E-state index in [2.05, 4.69) is 18.4 Å². The molecular weight excluding hydrogens is 122 g/mol. The third kappa shape index (κ3) is 2.70. The first-order valence-corrected chi connectivity index (χ1v) is 4.51. The summed E-state index contributed by atoms with van der Waals surface area (Å²) in [6, 6.07) is 0. The molecule has 0 amide bonds. The molecule has 1 fully saturated rings. The number of hydrogen-bond acceptors (Lipinski definition) is 1. The molecule has 0 atom stereocenters. The largest absolute Gasteiger partial charge is 0.299 e. The number of rotatable bonds is 3. The first kappa shape index (κ1) is 8.06. The minimum atomic E-state index is 1.29. The van der Waals surface area contributed by atoms with E-state index in [1.807, 2.05) is 0 Å². The summed E-state index contributed by atoms with van der Waals surface area (Å²) in [6.45, 7) is 7.22. The van der Waals surface area contributed by atoms with Crippen molar-refractivity contribution in [3.63, 3.8) is 0 Å². The van der Waals surface area contributed by atoms with Crippen LogP contribution in [-0.4, -0.2) is 18.0 Å². The minimum Gasteiger partial charge on any atom is -0.299 e. The lowest BCUT2D eigenvalue weighted by Gasteiger charge is -2.25. The number of hydrogen-bond donors (Lipinski definition) is 0. The van der Waals surface area contributed by atoms with E-state index in [1.54, 1.807) is 0 Å². The van der Waals surface area contributed by atoms with Crippen LogP contribution in [0.15, 0.2) is 0 Å². The van der Waals surface area contributed by atoms with E-state index in [9.17, 15) is 0 Å². The molecular formula is C9H18N. The molecule has 0 saturated carbocycles. The second-order valence-electron chi connectivity index (χ2n) is 3.07. The Morgan fingerprint density at radius 1 is 1.40 bits per heavy atom. The molecule has 59 valence electrons. The van der Waals surface area contributed by atoms with Crippen LogP contribution >= 0.6 is 0 Å². The van der Waals surface area contributed by atoms with Crippen molar-refractivity contribution >= 4 is 0 Å². The Bertz CT molecular complexity index is 74.8. The summed E-state index contributed by atoms with van der Waals surface area (Å²) < 4.78 is 0. The molecule has 0 aliphatic carbocycles. The number of nitrogens with zero attached hydrogens (tertiary/aromatic N) is 1. The lowest BCUT2D eigenvalue weighted by atomic mass is 10.1. The molecule has 0 spiro atoms. The molecule has 10 heavy (non-hydrogen) atoms. The van der Waals surface area contributed by atoms with Gasteiger partial charge in [-0.05, 0) is 32.4 Å². The van der Waals surface area contributed by atoms with Crippen molar-refractivity contribution in [1.29, 1.82) is 0 Å². The highest BCUT2D eigenvalue weighted by Crippen LogP contribution is 2.12. The summed E-state index contributed by atoms with van der Waals surface area (Å²) in [5.41, 5.74) is 0. The standard InChI is InChI=1S/C9H18N/c1-2-3-7-10-8-5-4-6-9-10/h8H,2-7,9H2,1H3. The highest BCUT2D eigenvalue weighted by molar-refractivity contribution is 4.73. The van der Waals surface area contributed by atoms with Crippen LogP contribution in [0.25, 0.3) is 0 Å². The van der Waals surface area contributed by atoms with E-state index < -0.39 is 0 Å². The molecule has 1 nitrogen and oxygen atoms in total. The fourth-order valence-corrected chi connectivity index (χ4v) is 1.39. The zero-order chi connectivity index (χ0) is 7.23. The molecule has 0 aromatic rings. The van der Waals surface area contributed by atoms with Crippen LogP contribution in [0.1, 0.15) is 39.0 Å². The van der Waals surface area contributed by atoms with E-state index in [0.717, 1.165) is 0 Å². The second-order valence-corrected chi connectivity index (χ2v) is 3.07. The zero-order valence-electron chi connectivity index (χ0n) is 6.97. The Labute approximate surface area is 64.4 Å². The summed E-state index contributed by atoms with van der Waals surface area (Å²) in [4.78, 5) is 2.48. The maximum absolute atomic E-state index is 2.48. The first-order chi connectivity index (χ1) is 4.93. The van der Waals surface area contributed by atoms with Crippen LogP contribution in [0.3, 0.4) is 0 Å². The van der Waals surface area contributed by atoms with Crippen molar-refractivity contribution in [2.75, 3.05) is 13.1 Å². The molecule has 1 heteroatoms. The molecule has 1 aliphatic rings. The van der Waals surface area contributed by atoms with E-state index in [-0.39, 0.29) is 0 Å². The Morgan fingerprint density at radius 3 is 2.90 bits per heavy atom. The van der Waals surface area contributed by atoms with Crippen molar-refractivity contribution in [2.24, 2.45) is 0 Å². The third-order valence-corrected chi connectivity index (χ3v) is 2.09. The predicted octanol–water partition coefficient (Wildman–Crippen LogP) is 2.43. The summed E-state index contributed by atoms with van der Waals surface area (Å²) >= 11 is 0. The van der Waals surface area contributed by atoms with E-state index in [4.69, 9.17) is 0 Å². The normalized spacial score (nSPS) is 21.3. The number of piperidine rings is 1. The lowest BCUT2D eigenvalue weighted by molar-refractivity contribution is 0.277. The number of likely N-dealkylation sites (tertiary alicyclic amines) is 1. The van der Waals surface area contributed by atoms with Crippen LogP contribution in [0.4, 0.5) is 0 Å². The summed E-state index contributed by atoms with van der Waals surface area (Å²) in [6.07, 6.45) is 6.80. The van der Waals surface area contributed by atoms with E-state index in [0.29, 0.717) is 0 Å². The van der Waals surface area contributed by atoms with Gasteiger partial charge in [0, 0.05) is 6.54 Å². The Hall–Kier alpha value is -0.0400. The van der Waals surface area contributed by atoms with Gasteiger partial charge in [-0.15, -0.1) is 0 Å². The van der Waals surface area contributed by atoms with Gasteiger partial charge in [0.2, 0.25) is 0 Å². The van der Waals surface area contributed by atoms with Crippen molar-refractivity contribution in [1.82, 2.24) is 4.90 Å². The van der Waals surface area contributed by atoms with Gasteiger partial charge < -0.3 is 0 Å². The lowest BCUT2D eigenvalue weighted by Crippen LogP contribution is -2.26. The number of unbranched alkanes of at least 4 members (excludes halogenated alkanes) is 1. The van der Waals surface area contributed by atoms with Crippen LogP contribution < -0.4 is 0 Å². The van der Waals surface area contributed by atoms with Crippen LogP contribution in [0.5, 0.6) is 0 Å². The van der Waals surface area contributed by atoms with Gasteiger partial charge in [-0.25, -0.2) is 0 Å². The second kappa shape index (κ2) is 4.73. The average Bonchev–Trinajstić information content (AvgIpc) is 2.03. The van der Waals surface area contributed by atoms with Gasteiger partial charge in [0.1, 0.15) is 0 Å². The third-order valence-electron chi connectivity index (χ3n) is 2.09. The minimum absolute atomic E-state index is 1.29. The Balaban J connectivity index is 2.02. The molecule has 0 aromatic carbocycles. The van der Waals surface area contributed by atoms with E-state index >= 15 is 0 Å². The van der Waals surface area contributed by atoms with Gasteiger partial charge in [0.05, 0.1) is 0 Å². The zero-order valence-corrected chi connectivity index (χ0v) is 6.97. The van der Waals surface area contributed by atoms with Crippen molar-refractivity contribution in [2.45, 2.75) is 39.0 Å². The first-order valence-electron chi connectivity index (χ1n) is 4.51. The fraction of sp³-hybridized carbons (Fsp3) is 0.889. The summed E-state index contributed by atoms with van der Waals surface area (Å²) in [5, 5.41) is 0. The topological polar surface area (TPSA) is 3.24 Å². The van der Waals surface area contributed by atoms with Crippen LogP contribution in [-0.2, 0) is 0 Å². The molecule has 0 aromatic heterocycles. The highest BCUT2D eigenvalue weighted by Gasteiger charge is 2.08. The van der Waals surface area contributed by atoms with Crippen molar-refractivity contribution in [3.8, 4) is 0 Å². The van der Waals surface area contributed by atoms with Gasteiger partial charge >= 0.3 is 0 Å². The van der Waals surface area contributed by atoms with Gasteiger partial charge in [-0.3, -0.25) is 4.90 Å². The van der Waals surface area contributed by atoms with Crippen LogP contribution in [0, 0.1) is 6.54 Å². The van der Waals surface area contributed by atoms with Crippen molar-refractivity contribution in [3.05, 3.63) is 6.54 Å². The molecule has 0 unspecified atom stereocenters. The van der Waals surface area contributed by atoms with Crippen molar-refractivity contribution < 1.29 is 0 Å². The molecule has 1 aliphatic heterocycles. The Morgan fingerprint density at radius 2 is 2.30 bits per heavy atom. The molecule has 1 saturated heterocycles. The summed E-state index contributed by atoms with van der Waals surface area (Å²) in [7, 11) is 0. The Kier molecular flexibility index (Phi) is 3.81. The molecule has 0 N–H and O–H groups in total. The van der Waals surface area contributed by atoms with Gasteiger partial charge in [-0.2, -0.15) is 0 Å².